The lowest BCUT2D eigenvalue weighted by Gasteiger charge is -2.44. The van der Waals surface area contributed by atoms with Gasteiger partial charge in [0, 0.05) is 25.0 Å². The topological polar surface area (TPSA) is 75.4 Å². The van der Waals surface area contributed by atoms with Crippen LogP contribution in [0.2, 0.25) is 0 Å². The number of carboxylic acids is 1. The van der Waals surface area contributed by atoms with Crippen molar-refractivity contribution < 1.29 is 14.7 Å². The van der Waals surface area contributed by atoms with Crippen LogP contribution in [0.3, 0.4) is 0 Å². The molecule has 5 rings (SSSR count). The molecule has 0 spiro atoms. The van der Waals surface area contributed by atoms with Crippen LogP contribution in [0.15, 0.2) is 18.2 Å². The number of aliphatic carboxylic acids is 1. The molecule has 168 valence electrons. The molecule has 2 aromatic rings. The predicted molar refractivity (Wildman–Crippen MR) is 121 cm³/mol. The van der Waals surface area contributed by atoms with Crippen molar-refractivity contribution in [1.29, 1.82) is 0 Å². The summed E-state index contributed by atoms with van der Waals surface area (Å²) in [6.07, 6.45) is 10.5. The van der Waals surface area contributed by atoms with Crippen molar-refractivity contribution in [1.82, 2.24) is 14.7 Å². The van der Waals surface area contributed by atoms with Crippen LogP contribution in [0.4, 0.5) is 0 Å². The van der Waals surface area contributed by atoms with Gasteiger partial charge in [0.05, 0.1) is 17.1 Å². The third kappa shape index (κ3) is 4.48. The monoisotopic (exact) mass is 425 g/mol. The zero-order valence-corrected chi connectivity index (χ0v) is 18.8. The number of nitrogens with zero attached hydrogens (tertiary/aromatic N) is 3. The fourth-order valence-corrected chi connectivity index (χ4v) is 5.73. The van der Waals surface area contributed by atoms with E-state index in [0.717, 1.165) is 57.4 Å². The zero-order valence-electron chi connectivity index (χ0n) is 18.8. The molecule has 3 aliphatic rings. The minimum Gasteiger partial charge on any atom is -0.481 e. The Morgan fingerprint density at radius 3 is 2.68 bits per heavy atom. The van der Waals surface area contributed by atoms with Crippen molar-refractivity contribution in [3.8, 4) is 0 Å². The Labute approximate surface area is 184 Å². The molecule has 2 saturated carbocycles. The molecule has 1 saturated heterocycles. The average Bonchev–Trinajstić information content (AvgIpc) is 3.58. The Hall–Kier alpha value is -2.37. The van der Waals surface area contributed by atoms with Crippen molar-refractivity contribution in [2.45, 2.75) is 76.7 Å². The number of hydrogen-bond donors (Lipinski definition) is 1. The third-order valence-electron chi connectivity index (χ3n) is 7.35. The van der Waals surface area contributed by atoms with Crippen LogP contribution in [-0.2, 0) is 23.1 Å². The maximum Gasteiger partial charge on any atom is 0.306 e. The number of benzene rings is 1. The Morgan fingerprint density at radius 2 is 2.00 bits per heavy atom. The van der Waals surface area contributed by atoms with Crippen molar-refractivity contribution in [2.75, 3.05) is 6.54 Å². The first-order valence-electron chi connectivity index (χ1n) is 11.9. The molecule has 1 aromatic carbocycles. The van der Waals surface area contributed by atoms with Gasteiger partial charge in [-0.1, -0.05) is 31.9 Å². The third-order valence-corrected chi connectivity index (χ3v) is 7.35. The molecule has 6 heteroatoms. The van der Waals surface area contributed by atoms with E-state index in [4.69, 9.17) is 5.11 Å². The second-order valence-electron chi connectivity index (χ2n) is 9.43. The Morgan fingerprint density at radius 1 is 1.19 bits per heavy atom. The summed E-state index contributed by atoms with van der Waals surface area (Å²) in [7, 11) is 2.05. The normalized spacial score (nSPS) is 25.5. The molecular weight excluding hydrogens is 390 g/mol. The van der Waals surface area contributed by atoms with Gasteiger partial charge >= 0.3 is 5.97 Å². The van der Waals surface area contributed by atoms with Crippen LogP contribution in [0, 0.1) is 11.8 Å². The van der Waals surface area contributed by atoms with Crippen LogP contribution in [0.25, 0.3) is 10.9 Å². The van der Waals surface area contributed by atoms with E-state index in [1.165, 1.54) is 41.4 Å². The second-order valence-corrected chi connectivity index (χ2v) is 9.43. The van der Waals surface area contributed by atoms with Crippen molar-refractivity contribution in [2.24, 2.45) is 18.9 Å². The average molecular weight is 426 g/mol. The van der Waals surface area contributed by atoms with Crippen LogP contribution in [0.5, 0.6) is 0 Å². The van der Waals surface area contributed by atoms with Crippen molar-refractivity contribution in [3.05, 3.63) is 29.5 Å². The van der Waals surface area contributed by atoms with Gasteiger partial charge in [0.1, 0.15) is 0 Å². The van der Waals surface area contributed by atoms with Gasteiger partial charge in [0.2, 0.25) is 6.41 Å². The summed E-state index contributed by atoms with van der Waals surface area (Å²) in [6.45, 7) is 3.03. The maximum absolute atomic E-state index is 11.1. The highest BCUT2D eigenvalue weighted by molar-refractivity contribution is 5.86. The molecule has 2 aliphatic carbocycles. The number of likely N-dealkylation sites (tertiary alicyclic amines) is 1. The smallest absolute Gasteiger partial charge is 0.306 e. The molecular formula is C25H35N3O3. The van der Waals surface area contributed by atoms with Crippen LogP contribution in [-0.4, -0.2) is 44.8 Å². The van der Waals surface area contributed by atoms with Gasteiger partial charge in [-0.05, 0) is 68.4 Å². The summed E-state index contributed by atoms with van der Waals surface area (Å²) in [4.78, 5) is 23.8. The Kier molecular flexibility index (Phi) is 6.63. The predicted octanol–water partition coefficient (Wildman–Crippen LogP) is 4.51. The second kappa shape index (κ2) is 9.41. The maximum atomic E-state index is 11.1. The molecule has 1 aromatic heterocycles. The number of hydrogen-bond acceptors (Lipinski definition) is 3. The molecule has 1 amide bonds. The Bertz CT molecular complexity index is 933. The highest BCUT2D eigenvalue weighted by Gasteiger charge is 2.41. The van der Waals surface area contributed by atoms with Gasteiger partial charge in [-0.3, -0.25) is 14.3 Å². The molecule has 3 unspecified atom stereocenters. The van der Waals surface area contributed by atoms with Gasteiger partial charge in [0.15, 0.2) is 0 Å². The number of amides is 1. The fourth-order valence-electron chi connectivity index (χ4n) is 5.73. The van der Waals surface area contributed by atoms with Crippen molar-refractivity contribution >= 4 is 23.3 Å². The molecule has 1 N–H and O–H groups in total. The fraction of sp³-hybridized carbons (Fsp3) is 0.640. The number of aromatic nitrogens is 2. The molecule has 6 nitrogen and oxygen atoms in total. The summed E-state index contributed by atoms with van der Waals surface area (Å²) in [6, 6.07) is 6.84. The first-order chi connectivity index (χ1) is 15.0. The number of aryl methyl sites for hydroxylation is 2. The van der Waals surface area contributed by atoms with E-state index in [9.17, 15) is 9.59 Å². The van der Waals surface area contributed by atoms with Gasteiger partial charge < -0.3 is 10.0 Å². The Balaban J connectivity index is 0.000000150. The lowest BCUT2D eigenvalue weighted by Crippen LogP contribution is -2.50. The van der Waals surface area contributed by atoms with E-state index in [1.807, 2.05) is 9.58 Å². The van der Waals surface area contributed by atoms with E-state index in [0.29, 0.717) is 0 Å². The SMILES string of the molecule is CCCc1nn(C)c2cccc(C3CC3)c12.O=CN1CCCC2C(C(=O)O)CCCC21. The number of fused-ring (bicyclic) bond motifs is 2. The van der Waals surface area contributed by atoms with E-state index in [2.05, 4.69) is 37.3 Å². The molecule has 2 heterocycles. The first kappa shape index (κ1) is 21.8. The molecule has 0 radical (unpaired) electrons. The highest BCUT2D eigenvalue weighted by Crippen LogP contribution is 2.44. The van der Waals surface area contributed by atoms with Gasteiger partial charge in [-0.2, -0.15) is 5.10 Å². The van der Waals surface area contributed by atoms with E-state index in [1.54, 1.807) is 0 Å². The van der Waals surface area contributed by atoms with E-state index in [-0.39, 0.29) is 17.9 Å². The standard InChI is InChI=1S/C14H18N2.C11H17NO3/c1-3-5-12-14-11(10-8-9-10)6-4-7-13(14)16(2)15-12;13-7-12-6-2-4-8-9(11(14)15)3-1-5-10(8)12/h4,6-7,10H,3,5,8-9H2,1-2H3;7-10H,1-6H2,(H,14,15). The number of carbonyl (C=O) groups excluding carboxylic acids is 1. The molecule has 3 atom stereocenters. The zero-order chi connectivity index (χ0) is 22.0. The minimum absolute atomic E-state index is 0.186. The van der Waals surface area contributed by atoms with Crippen LogP contribution < -0.4 is 0 Å². The molecule has 3 fully saturated rings. The van der Waals surface area contributed by atoms with Crippen LogP contribution in [0.1, 0.15) is 75.5 Å². The summed E-state index contributed by atoms with van der Waals surface area (Å²) in [5.74, 6) is 0.0858. The number of piperidine rings is 1. The van der Waals surface area contributed by atoms with Crippen molar-refractivity contribution in [3.63, 3.8) is 0 Å². The number of rotatable bonds is 5. The molecule has 31 heavy (non-hydrogen) atoms. The molecule has 1 aliphatic heterocycles. The van der Waals surface area contributed by atoms with E-state index < -0.39 is 5.97 Å². The van der Waals surface area contributed by atoms with Crippen LogP contribution >= 0.6 is 0 Å². The summed E-state index contributed by atoms with van der Waals surface area (Å²) >= 11 is 0. The first-order valence-corrected chi connectivity index (χ1v) is 11.9. The minimum atomic E-state index is -0.683. The summed E-state index contributed by atoms with van der Waals surface area (Å²) < 4.78 is 2.03. The number of carboxylic acid groups (broad SMARTS) is 1. The largest absolute Gasteiger partial charge is 0.481 e. The van der Waals surface area contributed by atoms with Gasteiger partial charge in [-0.25, -0.2) is 0 Å². The number of carbonyl (C=O) groups is 2. The summed E-state index contributed by atoms with van der Waals surface area (Å²) in [5.41, 5.74) is 4.13. The molecule has 0 bridgehead atoms. The summed E-state index contributed by atoms with van der Waals surface area (Å²) in [5, 5.41) is 15.2. The quantitative estimate of drug-likeness (QED) is 0.715. The lowest BCUT2D eigenvalue weighted by molar-refractivity contribution is -0.149. The van der Waals surface area contributed by atoms with Gasteiger partial charge in [0.25, 0.3) is 0 Å². The van der Waals surface area contributed by atoms with E-state index >= 15 is 0 Å². The van der Waals surface area contributed by atoms with Gasteiger partial charge in [-0.15, -0.1) is 0 Å². The highest BCUT2D eigenvalue weighted by atomic mass is 16.4. The lowest BCUT2D eigenvalue weighted by atomic mass is 9.71.